The highest BCUT2D eigenvalue weighted by atomic mass is 35.5. The Morgan fingerprint density at radius 3 is 2.53 bits per heavy atom. The van der Waals surface area contributed by atoms with Gasteiger partial charge in [-0.25, -0.2) is 9.48 Å². The molecule has 5 rings (SSSR count). The third kappa shape index (κ3) is 3.83. The lowest BCUT2D eigenvalue weighted by Gasteiger charge is -2.31. The summed E-state index contributed by atoms with van der Waals surface area (Å²) in [6.07, 6.45) is 1.45. The summed E-state index contributed by atoms with van der Waals surface area (Å²) in [5.41, 5.74) is 2.39. The Hall–Kier alpha value is -3.69. The normalized spacial score (nSPS) is 12.1. The van der Waals surface area contributed by atoms with Crippen molar-refractivity contribution < 1.29 is 14.3 Å². The minimum atomic E-state index is -0.604. The standard InChI is InChI=1S/C22H14ClN5O3S/c23-15-7-10-20-18(11-15)28(17-3-1-2-4-19(17)32-20)21(29)12-31-22(30)14-5-8-16(9-6-14)27-13-24-25-26-27/h1-11,13H,12H2. The van der Waals surface area contributed by atoms with Crippen LogP contribution < -0.4 is 4.90 Å². The van der Waals surface area contributed by atoms with Crippen LogP contribution in [0, 0.1) is 0 Å². The van der Waals surface area contributed by atoms with Crippen LogP contribution in [0.2, 0.25) is 5.02 Å². The zero-order valence-corrected chi connectivity index (χ0v) is 18.0. The molecule has 0 fully saturated rings. The minimum Gasteiger partial charge on any atom is -0.452 e. The number of amides is 1. The Bertz CT molecular complexity index is 1310. The monoisotopic (exact) mass is 463 g/mol. The van der Waals surface area contributed by atoms with E-state index in [1.165, 1.54) is 11.0 Å². The summed E-state index contributed by atoms with van der Waals surface area (Å²) in [6.45, 7) is -0.418. The third-order valence-corrected chi connectivity index (χ3v) is 6.15. The summed E-state index contributed by atoms with van der Waals surface area (Å²) in [5, 5.41) is 11.5. The molecule has 1 amide bonds. The molecule has 0 saturated heterocycles. The summed E-state index contributed by atoms with van der Waals surface area (Å²) in [5.74, 6) is -0.979. The average Bonchev–Trinajstić information content (AvgIpc) is 3.36. The predicted molar refractivity (Wildman–Crippen MR) is 119 cm³/mol. The largest absolute Gasteiger partial charge is 0.452 e. The van der Waals surface area contributed by atoms with Gasteiger partial charge in [0.1, 0.15) is 6.33 Å². The van der Waals surface area contributed by atoms with Crippen molar-refractivity contribution >= 4 is 46.6 Å². The van der Waals surface area contributed by atoms with E-state index in [2.05, 4.69) is 15.5 Å². The molecule has 0 aliphatic carbocycles. The van der Waals surface area contributed by atoms with Gasteiger partial charge in [0.15, 0.2) is 6.61 Å². The molecule has 2 heterocycles. The van der Waals surface area contributed by atoms with E-state index in [-0.39, 0.29) is 5.91 Å². The van der Waals surface area contributed by atoms with E-state index >= 15 is 0 Å². The van der Waals surface area contributed by atoms with Crippen LogP contribution in [0.4, 0.5) is 11.4 Å². The Morgan fingerprint density at radius 1 is 0.969 bits per heavy atom. The van der Waals surface area contributed by atoms with Crippen LogP contribution in [0.25, 0.3) is 5.69 Å². The first-order chi connectivity index (χ1) is 15.6. The highest BCUT2D eigenvalue weighted by molar-refractivity contribution is 7.99. The molecule has 1 aliphatic heterocycles. The fourth-order valence-corrected chi connectivity index (χ4v) is 4.51. The zero-order chi connectivity index (χ0) is 22.1. The Morgan fingerprint density at radius 2 is 1.75 bits per heavy atom. The molecule has 0 atom stereocenters. The van der Waals surface area contributed by atoms with Crippen LogP contribution in [0.5, 0.6) is 0 Å². The molecule has 158 valence electrons. The number of esters is 1. The number of anilines is 2. The second-order valence-corrected chi connectivity index (χ2v) is 8.31. The van der Waals surface area contributed by atoms with Gasteiger partial charge in [0.05, 0.1) is 22.6 Å². The van der Waals surface area contributed by atoms with Gasteiger partial charge < -0.3 is 4.74 Å². The lowest BCUT2D eigenvalue weighted by atomic mass is 10.2. The van der Waals surface area contributed by atoms with E-state index in [4.69, 9.17) is 16.3 Å². The fourth-order valence-electron chi connectivity index (χ4n) is 3.30. The Labute approximate surface area is 191 Å². The molecule has 0 saturated carbocycles. The van der Waals surface area contributed by atoms with E-state index < -0.39 is 12.6 Å². The number of nitrogens with zero attached hydrogens (tertiary/aromatic N) is 5. The van der Waals surface area contributed by atoms with Crippen molar-refractivity contribution in [2.24, 2.45) is 0 Å². The molecule has 0 spiro atoms. The number of para-hydroxylation sites is 1. The second-order valence-electron chi connectivity index (χ2n) is 6.79. The van der Waals surface area contributed by atoms with Gasteiger partial charge in [-0.2, -0.15) is 0 Å². The van der Waals surface area contributed by atoms with Gasteiger partial charge in [-0.05, 0) is 65.0 Å². The van der Waals surface area contributed by atoms with Crippen LogP contribution in [0.1, 0.15) is 10.4 Å². The van der Waals surface area contributed by atoms with Gasteiger partial charge in [-0.3, -0.25) is 9.69 Å². The number of rotatable bonds is 4. The first-order valence-corrected chi connectivity index (χ1v) is 10.7. The summed E-state index contributed by atoms with van der Waals surface area (Å²) in [7, 11) is 0. The summed E-state index contributed by atoms with van der Waals surface area (Å²) >= 11 is 7.74. The van der Waals surface area contributed by atoms with Gasteiger partial charge in [0.25, 0.3) is 5.91 Å². The first kappa shape index (κ1) is 20.2. The molecule has 1 aliphatic rings. The van der Waals surface area contributed by atoms with E-state index in [0.717, 1.165) is 15.5 Å². The lowest BCUT2D eigenvalue weighted by Crippen LogP contribution is -2.32. The second kappa shape index (κ2) is 8.45. The number of carbonyl (C=O) groups is 2. The Balaban J connectivity index is 1.34. The van der Waals surface area contributed by atoms with Crippen molar-refractivity contribution in [3.8, 4) is 5.69 Å². The molecule has 0 unspecified atom stereocenters. The van der Waals surface area contributed by atoms with Crippen molar-refractivity contribution in [1.29, 1.82) is 0 Å². The van der Waals surface area contributed by atoms with Crippen molar-refractivity contribution in [2.75, 3.05) is 11.5 Å². The van der Waals surface area contributed by atoms with E-state index in [1.807, 2.05) is 30.3 Å². The predicted octanol–water partition coefficient (Wildman–Crippen LogP) is 4.30. The number of hydrogen-bond acceptors (Lipinski definition) is 7. The molecule has 1 aromatic heterocycles. The molecular formula is C22H14ClN5O3S. The molecular weight excluding hydrogens is 450 g/mol. The zero-order valence-electron chi connectivity index (χ0n) is 16.4. The van der Waals surface area contributed by atoms with E-state index in [9.17, 15) is 9.59 Å². The van der Waals surface area contributed by atoms with Crippen LogP contribution >= 0.6 is 23.4 Å². The molecule has 0 radical (unpaired) electrons. The summed E-state index contributed by atoms with van der Waals surface area (Å²) in [4.78, 5) is 29.0. The fraction of sp³-hybridized carbons (Fsp3) is 0.0455. The average molecular weight is 464 g/mol. The number of aromatic nitrogens is 4. The van der Waals surface area contributed by atoms with E-state index in [1.54, 1.807) is 53.1 Å². The quantitative estimate of drug-likeness (QED) is 0.417. The van der Waals surface area contributed by atoms with Crippen LogP contribution in [-0.2, 0) is 9.53 Å². The Kier molecular flexibility index (Phi) is 5.34. The molecule has 4 aromatic rings. The molecule has 10 heteroatoms. The maximum absolute atomic E-state index is 13.2. The maximum atomic E-state index is 13.2. The van der Waals surface area contributed by atoms with Gasteiger partial charge in [0, 0.05) is 14.8 Å². The molecule has 8 nitrogen and oxygen atoms in total. The molecule has 3 aromatic carbocycles. The smallest absolute Gasteiger partial charge is 0.338 e. The SMILES string of the molecule is O=C(OCC(=O)N1c2ccccc2Sc2ccc(Cl)cc21)c1ccc(-n2cnnn2)cc1. The first-order valence-electron chi connectivity index (χ1n) is 9.50. The molecule has 0 bridgehead atoms. The molecule has 0 N–H and O–H groups in total. The highest BCUT2D eigenvalue weighted by Gasteiger charge is 2.29. The summed E-state index contributed by atoms with van der Waals surface area (Å²) < 4.78 is 6.78. The number of halogens is 1. The van der Waals surface area contributed by atoms with Gasteiger partial charge >= 0.3 is 5.97 Å². The van der Waals surface area contributed by atoms with Crippen molar-refractivity contribution in [1.82, 2.24) is 20.2 Å². The van der Waals surface area contributed by atoms with Crippen LogP contribution in [0.3, 0.4) is 0 Å². The number of hydrogen-bond donors (Lipinski definition) is 0. The van der Waals surface area contributed by atoms with E-state index in [0.29, 0.717) is 22.0 Å². The number of carbonyl (C=O) groups excluding carboxylic acids is 2. The third-order valence-electron chi connectivity index (χ3n) is 4.78. The minimum absolute atomic E-state index is 0.313. The number of ether oxygens (including phenoxy) is 1. The van der Waals surface area contributed by atoms with Gasteiger partial charge in [-0.15, -0.1) is 5.10 Å². The number of fused-ring (bicyclic) bond motifs is 2. The van der Waals surface area contributed by atoms with Gasteiger partial charge in [-0.1, -0.05) is 35.5 Å². The lowest BCUT2D eigenvalue weighted by molar-refractivity contribution is -0.121. The van der Waals surface area contributed by atoms with Crippen LogP contribution in [-0.4, -0.2) is 38.7 Å². The highest BCUT2D eigenvalue weighted by Crippen LogP contribution is 2.48. The van der Waals surface area contributed by atoms with Gasteiger partial charge in [0.2, 0.25) is 0 Å². The van der Waals surface area contributed by atoms with Crippen molar-refractivity contribution in [3.05, 3.63) is 83.6 Å². The number of benzene rings is 3. The van der Waals surface area contributed by atoms with Crippen LogP contribution in [0.15, 0.2) is 82.8 Å². The number of tetrazole rings is 1. The topological polar surface area (TPSA) is 90.2 Å². The summed E-state index contributed by atoms with van der Waals surface area (Å²) in [6, 6.07) is 19.5. The van der Waals surface area contributed by atoms with Crippen molar-refractivity contribution in [2.45, 2.75) is 9.79 Å². The molecule has 32 heavy (non-hydrogen) atoms. The maximum Gasteiger partial charge on any atom is 0.338 e. The van der Waals surface area contributed by atoms with Crippen molar-refractivity contribution in [3.63, 3.8) is 0 Å².